The minimum atomic E-state index is -0.196. The predicted octanol–water partition coefficient (Wildman–Crippen LogP) is 3.97. The summed E-state index contributed by atoms with van der Waals surface area (Å²) in [6.45, 7) is 9.96. The van der Waals surface area contributed by atoms with Gasteiger partial charge in [-0.15, -0.1) is 0 Å². The van der Waals surface area contributed by atoms with Crippen molar-refractivity contribution in [2.45, 2.75) is 83.3 Å². The van der Waals surface area contributed by atoms with Gasteiger partial charge in [-0.3, -0.25) is 4.79 Å². The summed E-state index contributed by atoms with van der Waals surface area (Å²) in [5, 5.41) is 6.72. The summed E-state index contributed by atoms with van der Waals surface area (Å²) >= 11 is 0. The SMILES string of the molecule is CCC[C@H](N[C@@H]1CCc2ccccc2C1)C(=O)Nc1cn(C(C)(C)CN2CCCC2)cn1. The average molecular weight is 438 g/mol. The first-order valence-corrected chi connectivity index (χ1v) is 12.3. The van der Waals surface area contributed by atoms with Gasteiger partial charge in [0.2, 0.25) is 5.91 Å². The van der Waals surface area contributed by atoms with E-state index in [0.29, 0.717) is 11.9 Å². The maximum atomic E-state index is 13.1. The number of aryl methyl sites for hydroxylation is 1. The number of amides is 1. The smallest absolute Gasteiger partial charge is 0.242 e. The van der Waals surface area contributed by atoms with Gasteiger partial charge < -0.3 is 20.1 Å². The third kappa shape index (κ3) is 5.59. The Morgan fingerprint density at radius 3 is 2.72 bits per heavy atom. The fraction of sp³-hybridized carbons (Fsp3) is 0.615. The number of hydrogen-bond donors (Lipinski definition) is 2. The molecule has 1 aliphatic heterocycles. The van der Waals surface area contributed by atoms with Crippen molar-refractivity contribution in [2.24, 2.45) is 0 Å². The van der Waals surface area contributed by atoms with E-state index in [1.165, 1.54) is 37.1 Å². The topological polar surface area (TPSA) is 62.2 Å². The van der Waals surface area contributed by atoms with Crippen molar-refractivity contribution in [3.63, 3.8) is 0 Å². The molecule has 2 atom stereocenters. The van der Waals surface area contributed by atoms with E-state index in [0.717, 1.165) is 38.6 Å². The number of carbonyl (C=O) groups is 1. The third-order valence-electron chi connectivity index (χ3n) is 7.02. The molecule has 1 fully saturated rings. The van der Waals surface area contributed by atoms with Crippen LogP contribution in [0.15, 0.2) is 36.8 Å². The Bertz CT molecular complexity index is 899. The number of carbonyl (C=O) groups excluding carboxylic acids is 1. The fourth-order valence-corrected chi connectivity index (χ4v) is 5.20. The van der Waals surface area contributed by atoms with Gasteiger partial charge in [-0.05, 0) is 76.6 Å². The number of likely N-dealkylation sites (tertiary alicyclic amines) is 1. The fourth-order valence-electron chi connectivity index (χ4n) is 5.20. The van der Waals surface area contributed by atoms with Gasteiger partial charge >= 0.3 is 0 Å². The Morgan fingerprint density at radius 2 is 1.97 bits per heavy atom. The van der Waals surface area contributed by atoms with Crippen LogP contribution in [0, 0.1) is 0 Å². The van der Waals surface area contributed by atoms with E-state index in [1.54, 1.807) is 0 Å². The van der Waals surface area contributed by atoms with Gasteiger partial charge in [0, 0.05) is 18.8 Å². The summed E-state index contributed by atoms with van der Waals surface area (Å²) in [6.07, 6.45) is 11.3. The van der Waals surface area contributed by atoms with Crippen LogP contribution in [0.2, 0.25) is 0 Å². The van der Waals surface area contributed by atoms with Crippen LogP contribution in [0.5, 0.6) is 0 Å². The number of anilines is 1. The van der Waals surface area contributed by atoms with Gasteiger partial charge in [-0.25, -0.2) is 4.98 Å². The van der Waals surface area contributed by atoms with Crippen molar-refractivity contribution in [1.29, 1.82) is 0 Å². The van der Waals surface area contributed by atoms with Crippen LogP contribution < -0.4 is 10.6 Å². The number of nitrogens with zero attached hydrogens (tertiary/aromatic N) is 3. The third-order valence-corrected chi connectivity index (χ3v) is 7.02. The number of imidazole rings is 1. The average Bonchev–Trinajstić information content (AvgIpc) is 3.45. The molecule has 0 radical (unpaired) electrons. The molecule has 2 aliphatic rings. The van der Waals surface area contributed by atoms with Gasteiger partial charge in [0.25, 0.3) is 0 Å². The van der Waals surface area contributed by atoms with Gasteiger partial charge in [-0.1, -0.05) is 37.6 Å². The van der Waals surface area contributed by atoms with Crippen molar-refractivity contribution < 1.29 is 4.79 Å². The summed E-state index contributed by atoms with van der Waals surface area (Å²) in [5.41, 5.74) is 2.80. The molecule has 4 rings (SSSR count). The highest BCUT2D eigenvalue weighted by Crippen LogP contribution is 2.23. The van der Waals surface area contributed by atoms with E-state index >= 15 is 0 Å². The van der Waals surface area contributed by atoms with Crippen LogP contribution in [0.1, 0.15) is 64.0 Å². The number of fused-ring (bicyclic) bond motifs is 1. The highest BCUT2D eigenvalue weighted by molar-refractivity contribution is 5.94. The van der Waals surface area contributed by atoms with Crippen LogP contribution in [0.25, 0.3) is 0 Å². The lowest BCUT2D eigenvalue weighted by molar-refractivity contribution is -0.118. The first kappa shape index (κ1) is 23.0. The summed E-state index contributed by atoms with van der Waals surface area (Å²) in [5.74, 6) is 0.662. The largest absolute Gasteiger partial charge is 0.328 e. The van der Waals surface area contributed by atoms with E-state index in [9.17, 15) is 4.79 Å². The minimum Gasteiger partial charge on any atom is -0.328 e. The molecule has 1 amide bonds. The van der Waals surface area contributed by atoms with Gasteiger partial charge in [0.1, 0.15) is 0 Å². The molecular formula is C26H39N5O. The lowest BCUT2D eigenvalue weighted by Crippen LogP contribution is -2.47. The molecule has 174 valence electrons. The van der Waals surface area contributed by atoms with Crippen LogP contribution >= 0.6 is 0 Å². The number of aromatic nitrogens is 2. The molecule has 32 heavy (non-hydrogen) atoms. The van der Waals surface area contributed by atoms with E-state index in [4.69, 9.17) is 0 Å². The quantitative estimate of drug-likeness (QED) is 0.623. The number of hydrogen-bond acceptors (Lipinski definition) is 4. The molecule has 1 aliphatic carbocycles. The van der Waals surface area contributed by atoms with Gasteiger partial charge in [0.05, 0.1) is 17.9 Å². The van der Waals surface area contributed by atoms with E-state index < -0.39 is 0 Å². The molecule has 0 spiro atoms. The molecule has 1 saturated heterocycles. The van der Waals surface area contributed by atoms with Crippen molar-refractivity contribution in [1.82, 2.24) is 19.8 Å². The maximum absolute atomic E-state index is 13.1. The van der Waals surface area contributed by atoms with E-state index in [2.05, 4.69) is 70.1 Å². The van der Waals surface area contributed by atoms with Gasteiger partial charge in [-0.2, -0.15) is 0 Å². The van der Waals surface area contributed by atoms with E-state index in [1.807, 2.05) is 12.5 Å². The first-order chi connectivity index (χ1) is 15.4. The zero-order valence-corrected chi connectivity index (χ0v) is 19.9. The molecule has 2 heterocycles. The number of rotatable bonds is 9. The summed E-state index contributed by atoms with van der Waals surface area (Å²) in [6, 6.07) is 8.81. The number of nitrogens with one attached hydrogen (secondary N) is 2. The van der Waals surface area contributed by atoms with Crippen molar-refractivity contribution >= 4 is 11.7 Å². The molecule has 6 nitrogen and oxygen atoms in total. The van der Waals surface area contributed by atoms with Crippen LogP contribution in [-0.2, 0) is 23.2 Å². The lowest BCUT2D eigenvalue weighted by Gasteiger charge is -2.31. The van der Waals surface area contributed by atoms with Crippen LogP contribution in [0.3, 0.4) is 0 Å². The molecule has 0 bridgehead atoms. The summed E-state index contributed by atoms with van der Waals surface area (Å²) in [7, 11) is 0. The molecule has 2 N–H and O–H groups in total. The number of benzene rings is 1. The summed E-state index contributed by atoms with van der Waals surface area (Å²) in [4.78, 5) is 20.1. The molecular weight excluding hydrogens is 398 g/mol. The Morgan fingerprint density at radius 1 is 1.22 bits per heavy atom. The summed E-state index contributed by atoms with van der Waals surface area (Å²) < 4.78 is 2.14. The molecule has 1 aromatic heterocycles. The second-order valence-electron chi connectivity index (χ2n) is 10.2. The standard InChI is InChI=1S/C26H39N5O/c1-4-9-23(28-22-13-12-20-10-5-6-11-21(20)16-22)25(32)29-24-17-31(19-27-24)26(2,3)18-30-14-7-8-15-30/h5-6,10-11,17,19,22-23,28H,4,7-9,12-16,18H2,1-3H3,(H,29,32)/t22-,23+/m1/s1. The minimum absolute atomic E-state index is 0.0216. The first-order valence-electron chi connectivity index (χ1n) is 12.3. The molecule has 1 aromatic carbocycles. The zero-order chi connectivity index (χ0) is 22.6. The molecule has 6 heteroatoms. The maximum Gasteiger partial charge on any atom is 0.242 e. The van der Waals surface area contributed by atoms with Crippen LogP contribution in [0.4, 0.5) is 5.82 Å². The molecule has 0 unspecified atom stereocenters. The predicted molar refractivity (Wildman–Crippen MR) is 130 cm³/mol. The Balaban J connectivity index is 1.36. The monoisotopic (exact) mass is 437 g/mol. The molecule has 2 aromatic rings. The van der Waals surface area contributed by atoms with Gasteiger partial charge in [0.15, 0.2) is 5.82 Å². The Kier molecular flexibility index (Phi) is 7.31. The highest BCUT2D eigenvalue weighted by Gasteiger charge is 2.27. The van der Waals surface area contributed by atoms with Crippen molar-refractivity contribution in [2.75, 3.05) is 25.0 Å². The second kappa shape index (κ2) is 10.2. The highest BCUT2D eigenvalue weighted by atomic mass is 16.2. The van der Waals surface area contributed by atoms with E-state index in [-0.39, 0.29) is 17.5 Å². The second-order valence-corrected chi connectivity index (χ2v) is 10.2. The van der Waals surface area contributed by atoms with Crippen molar-refractivity contribution in [3.8, 4) is 0 Å². The zero-order valence-electron chi connectivity index (χ0n) is 19.9. The van der Waals surface area contributed by atoms with Crippen molar-refractivity contribution in [3.05, 3.63) is 47.9 Å². The molecule has 0 saturated carbocycles. The Hall–Kier alpha value is -2.18. The van der Waals surface area contributed by atoms with Crippen LogP contribution in [-0.4, -0.2) is 52.1 Å². The lowest BCUT2D eigenvalue weighted by atomic mass is 9.88. The Labute approximate surface area is 192 Å². The normalized spacial score (nSPS) is 20.2.